The molecule has 7 heteroatoms. The summed E-state index contributed by atoms with van der Waals surface area (Å²) in [5.74, 6) is -1.11. The van der Waals surface area contributed by atoms with Crippen molar-refractivity contribution < 1.29 is 8.78 Å². The van der Waals surface area contributed by atoms with Crippen molar-refractivity contribution >= 4 is 55.1 Å². The Morgan fingerprint density at radius 3 is 2.55 bits per heavy atom. The molecule has 0 aliphatic rings. The van der Waals surface area contributed by atoms with Crippen LogP contribution < -0.4 is 0 Å². The molecular formula is C13H6Br2F2N2S. The molecular weight excluding hydrogens is 414 g/mol. The molecule has 1 heterocycles. The van der Waals surface area contributed by atoms with E-state index in [9.17, 15) is 8.78 Å². The molecule has 1 N–H and O–H groups in total. The zero-order valence-electron chi connectivity index (χ0n) is 9.75. The molecule has 20 heavy (non-hydrogen) atoms. The fraction of sp³-hybridized carbons (Fsp3) is 0. The molecule has 2 nitrogen and oxygen atoms in total. The lowest BCUT2D eigenvalue weighted by molar-refractivity contribution is 0.588. The number of benzene rings is 2. The number of halogens is 4. The highest BCUT2D eigenvalue weighted by Crippen LogP contribution is 2.27. The molecule has 0 saturated heterocycles. The summed E-state index contributed by atoms with van der Waals surface area (Å²) >= 11 is 11.5. The maximum absolute atomic E-state index is 14.1. The number of H-pyrrole nitrogens is 1. The molecule has 2 aromatic carbocycles. The summed E-state index contributed by atoms with van der Waals surface area (Å²) in [6.07, 6.45) is 0. The lowest BCUT2D eigenvalue weighted by Gasteiger charge is -2.07. The SMILES string of the molecule is Fc1cc(-n2c(=S)[nH]c3ccc(Br)cc32)c(F)cc1Br. The predicted octanol–water partition coefficient (Wildman–Crippen LogP) is 5.49. The summed E-state index contributed by atoms with van der Waals surface area (Å²) in [7, 11) is 0. The number of hydrogen-bond acceptors (Lipinski definition) is 1. The highest BCUT2D eigenvalue weighted by Gasteiger charge is 2.14. The second-order valence-corrected chi connectivity index (χ2v) is 6.30. The van der Waals surface area contributed by atoms with E-state index in [0.29, 0.717) is 10.3 Å². The number of nitrogens with zero attached hydrogens (tertiary/aromatic N) is 1. The molecule has 3 rings (SSSR count). The number of nitrogens with one attached hydrogen (secondary N) is 1. The van der Waals surface area contributed by atoms with Gasteiger partial charge in [0.15, 0.2) is 4.77 Å². The van der Waals surface area contributed by atoms with Crippen LogP contribution >= 0.6 is 44.1 Å². The Kier molecular flexibility index (Phi) is 3.51. The highest BCUT2D eigenvalue weighted by molar-refractivity contribution is 9.10. The van der Waals surface area contributed by atoms with Gasteiger partial charge in [0.25, 0.3) is 0 Å². The summed E-state index contributed by atoms with van der Waals surface area (Å²) in [5, 5.41) is 0. The number of rotatable bonds is 1. The molecule has 102 valence electrons. The summed E-state index contributed by atoms with van der Waals surface area (Å²) in [6.45, 7) is 0. The summed E-state index contributed by atoms with van der Waals surface area (Å²) in [4.78, 5) is 2.97. The van der Waals surface area contributed by atoms with E-state index < -0.39 is 11.6 Å². The van der Waals surface area contributed by atoms with Crippen molar-refractivity contribution in [2.24, 2.45) is 0 Å². The minimum Gasteiger partial charge on any atom is -0.330 e. The van der Waals surface area contributed by atoms with Crippen molar-refractivity contribution in [1.82, 2.24) is 9.55 Å². The van der Waals surface area contributed by atoms with Crippen molar-refractivity contribution in [3.63, 3.8) is 0 Å². The number of aromatic amines is 1. The van der Waals surface area contributed by atoms with Gasteiger partial charge >= 0.3 is 0 Å². The minimum atomic E-state index is -0.560. The van der Waals surface area contributed by atoms with E-state index in [0.717, 1.165) is 22.1 Å². The van der Waals surface area contributed by atoms with Crippen molar-refractivity contribution in [2.45, 2.75) is 0 Å². The van der Waals surface area contributed by atoms with Gasteiger partial charge in [0.2, 0.25) is 0 Å². The van der Waals surface area contributed by atoms with Crippen LogP contribution in [0.3, 0.4) is 0 Å². The summed E-state index contributed by atoms with van der Waals surface area (Å²) in [6, 6.07) is 7.66. The van der Waals surface area contributed by atoms with Gasteiger partial charge in [-0.3, -0.25) is 4.57 Å². The number of hydrogen-bond donors (Lipinski definition) is 1. The lowest BCUT2D eigenvalue weighted by Crippen LogP contribution is -1.99. The van der Waals surface area contributed by atoms with Gasteiger partial charge in [-0.1, -0.05) is 15.9 Å². The normalized spacial score (nSPS) is 11.2. The van der Waals surface area contributed by atoms with Gasteiger partial charge in [0.1, 0.15) is 11.6 Å². The molecule has 0 bridgehead atoms. The van der Waals surface area contributed by atoms with E-state index in [1.807, 2.05) is 12.1 Å². The zero-order valence-corrected chi connectivity index (χ0v) is 13.7. The average Bonchev–Trinajstić information content (AvgIpc) is 2.69. The molecule has 0 spiro atoms. The van der Waals surface area contributed by atoms with E-state index >= 15 is 0 Å². The third-order valence-electron chi connectivity index (χ3n) is 2.88. The Morgan fingerprint density at radius 1 is 1.05 bits per heavy atom. The van der Waals surface area contributed by atoms with E-state index in [1.165, 1.54) is 4.57 Å². The molecule has 0 amide bonds. The second-order valence-electron chi connectivity index (χ2n) is 4.14. The first-order chi connectivity index (χ1) is 9.47. The van der Waals surface area contributed by atoms with Crippen LogP contribution in [0.4, 0.5) is 8.78 Å². The molecule has 0 aliphatic carbocycles. The molecule has 3 aromatic rings. The molecule has 0 saturated carbocycles. The number of fused-ring (bicyclic) bond motifs is 1. The first-order valence-corrected chi connectivity index (χ1v) is 7.52. The van der Waals surface area contributed by atoms with Crippen molar-refractivity contribution in [2.75, 3.05) is 0 Å². The molecule has 1 aromatic heterocycles. The predicted molar refractivity (Wildman–Crippen MR) is 83.8 cm³/mol. The Bertz CT molecular complexity index is 886. The molecule has 0 fully saturated rings. The minimum absolute atomic E-state index is 0.0695. The topological polar surface area (TPSA) is 20.7 Å². The first-order valence-electron chi connectivity index (χ1n) is 5.52. The Hall–Kier alpha value is -1.05. The third-order valence-corrected chi connectivity index (χ3v) is 4.26. The van der Waals surface area contributed by atoms with Crippen molar-refractivity contribution in [3.05, 3.63) is 55.7 Å². The monoisotopic (exact) mass is 418 g/mol. The third kappa shape index (κ3) is 2.23. The Labute approximate surface area is 134 Å². The van der Waals surface area contributed by atoms with Gasteiger partial charge in [0.05, 0.1) is 21.2 Å². The average molecular weight is 420 g/mol. The lowest BCUT2D eigenvalue weighted by atomic mass is 10.2. The van der Waals surface area contributed by atoms with Crippen LogP contribution in [0.2, 0.25) is 0 Å². The van der Waals surface area contributed by atoms with Crippen LogP contribution in [-0.4, -0.2) is 9.55 Å². The van der Waals surface area contributed by atoms with Gasteiger partial charge in [-0.05, 0) is 52.4 Å². The molecule has 0 aliphatic heterocycles. The van der Waals surface area contributed by atoms with Gasteiger partial charge in [-0.25, -0.2) is 8.78 Å². The largest absolute Gasteiger partial charge is 0.330 e. The summed E-state index contributed by atoms with van der Waals surface area (Å²) in [5.41, 5.74) is 1.49. The maximum Gasteiger partial charge on any atom is 0.182 e. The van der Waals surface area contributed by atoms with Gasteiger partial charge < -0.3 is 4.98 Å². The van der Waals surface area contributed by atoms with E-state index in [4.69, 9.17) is 12.2 Å². The maximum atomic E-state index is 14.1. The standard InChI is InChI=1S/C13H6Br2F2N2S/c14-6-1-2-10-12(3-6)19(13(20)18-10)11-5-8(16)7(15)4-9(11)17/h1-5H,(H,18,20). The fourth-order valence-corrected chi connectivity index (χ4v) is 2.97. The van der Waals surface area contributed by atoms with E-state index in [-0.39, 0.29) is 10.2 Å². The van der Waals surface area contributed by atoms with E-state index in [1.54, 1.807) is 6.07 Å². The fourth-order valence-electron chi connectivity index (χ4n) is 2.00. The molecule has 0 radical (unpaired) electrons. The van der Waals surface area contributed by atoms with Gasteiger partial charge in [-0.2, -0.15) is 0 Å². The van der Waals surface area contributed by atoms with Crippen LogP contribution in [0.5, 0.6) is 0 Å². The van der Waals surface area contributed by atoms with Crippen molar-refractivity contribution in [3.8, 4) is 5.69 Å². The smallest absolute Gasteiger partial charge is 0.182 e. The first kappa shape index (κ1) is 13.9. The van der Waals surface area contributed by atoms with Crippen LogP contribution in [-0.2, 0) is 0 Å². The highest BCUT2D eigenvalue weighted by atomic mass is 79.9. The van der Waals surface area contributed by atoms with Crippen LogP contribution in [0.15, 0.2) is 39.3 Å². The molecule has 0 atom stereocenters. The number of imidazole rings is 1. The quantitative estimate of drug-likeness (QED) is 0.408. The Balaban J connectivity index is 2.40. The van der Waals surface area contributed by atoms with Crippen LogP contribution in [0, 0.1) is 16.4 Å². The van der Waals surface area contributed by atoms with Crippen LogP contribution in [0.25, 0.3) is 16.7 Å². The Morgan fingerprint density at radius 2 is 1.80 bits per heavy atom. The molecule has 0 unspecified atom stereocenters. The summed E-state index contributed by atoms with van der Waals surface area (Å²) < 4.78 is 30.5. The number of aromatic nitrogens is 2. The van der Waals surface area contributed by atoms with E-state index in [2.05, 4.69) is 36.8 Å². The van der Waals surface area contributed by atoms with Crippen LogP contribution in [0.1, 0.15) is 0 Å². The zero-order chi connectivity index (χ0) is 14.4. The second kappa shape index (κ2) is 5.05. The van der Waals surface area contributed by atoms with Gasteiger partial charge in [-0.15, -0.1) is 0 Å². The van der Waals surface area contributed by atoms with Crippen molar-refractivity contribution in [1.29, 1.82) is 0 Å². The van der Waals surface area contributed by atoms with Gasteiger partial charge in [0, 0.05) is 10.5 Å².